The van der Waals surface area contributed by atoms with Crippen LogP contribution in [0.25, 0.3) is 5.69 Å². The van der Waals surface area contributed by atoms with Gasteiger partial charge in [-0.1, -0.05) is 0 Å². The molecule has 2 aromatic rings. The predicted molar refractivity (Wildman–Crippen MR) is 55.5 cm³/mol. The summed E-state index contributed by atoms with van der Waals surface area (Å²) in [4.78, 5) is 14.1. The van der Waals surface area contributed by atoms with Crippen LogP contribution in [-0.2, 0) is 0 Å². The van der Waals surface area contributed by atoms with Crippen LogP contribution in [0.2, 0.25) is 0 Å². The molecule has 1 aromatic carbocycles. The molecule has 0 aliphatic heterocycles. The van der Waals surface area contributed by atoms with Crippen LogP contribution >= 0.6 is 0 Å². The van der Waals surface area contributed by atoms with Gasteiger partial charge in [0.05, 0.1) is 5.69 Å². The first-order chi connectivity index (χ1) is 6.66. The Balaban J connectivity index is 2.54. The molecule has 72 valence electrons. The van der Waals surface area contributed by atoms with Crippen molar-refractivity contribution in [3.63, 3.8) is 0 Å². The van der Waals surface area contributed by atoms with Crippen LogP contribution < -0.4 is 11.4 Å². The second-order valence-corrected chi connectivity index (χ2v) is 3.20. The molecule has 4 heteroatoms. The van der Waals surface area contributed by atoms with Gasteiger partial charge in [0.2, 0.25) is 0 Å². The lowest BCUT2D eigenvalue weighted by Gasteiger charge is -2.00. The molecule has 2 rings (SSSR count). The second kappa shape index (κ2) is 3.06. The number of hydrogen-bond donors (Lipinski definition) is 2. The molecule has 0 aliphatic carbocycles. The highest BCUT2D eigenvalue weighted by molar-refractivity contribution is 5.45. The molecule has 0 saturated heterocycles. The van der Waals surface area contributed by atoms with E-state index in [1.165, 1.54) is 0 Å². The predicted octanol–water partition coefficient (Wildman–Crippen LogP) is 1.06. The summed E-state index contributed by atoms with van der Waals surface area (Å²) in [5.41, 5.74) is 7.76. The maximum absolute atomic E-state index is 11.4. The lowest BCUT2D eigenvalue weighted by Crippen LogP contribution is -2.13. The largest absolute Gasteiger partial charge is 0.399 e. The van der Waals surface area contributed by atoms with Crippen LogP contribution in [0, 0.1) is 6.92 Å². The van der Waals surface area contributed by atoms with E-state index in [1.807, 2.05) is 19.1 Å². The Kier molecular flexibility index (Phi) is 1.89. The van der Waals surface area contributed by atoms with Crippen LogP contribution in [0.15, 0.2) is 35.3 Å². The van der Waals surface area contributed by atoms with Gasteiger partial charge in [-0.3, -0.25) is 4.57 Å². The van der Waals surface area contributed by atoms with E-state index in [9.17, 15) is 4.79 Å². The van der Waals surface area contributed by atoms with E-state index in [0.29, 0.717) is 5.69 Å². The van der Waals surface area contributed by atoms with Crippen molar-refractivity contribution < 1.29 is 0 Å². The molecule has 0 unspecified atom stereocenters. The van der Waals surface area contributed by atoms with Gasteiger partial charge in [0.1, 0.15) is 0 Å². The topological polar surface area (TPSA) is 63.8 Å². The molecular formula is C10H11N3O. The summed E-state index contributed by atoms with van der Waals surface area (Å²) < 4.78 is 1.55. The van der Waals surface area contributed by atoms with E-state index >= 15 is 0 Å². The van der Waals surface area contributed by atoms with Crippen molar-refractivity contribution in [1.29, 1.82) is 0 Å². The average Bonchev–Trinajstić information content (AvgIpc) is 2.47. The van der Waals surface area contributed by atoms with Crippen LogP contribution in [0.4, 0.5) is 5.69 Å². The van der Waals surface area contributed by atoms with Crippen molar-refractivity contribution in [2.45, 2.75) is 6.92 Å². The third kappa shape index (κ3) is 1.42. The monoisotopic (exact) mass is 189 g/mol. The number of rotatable bonds is 1. The summed E-state index contributed by atoms with van der Waals surface area (Å²) in [6.07, 6.45) is 1.76. The molecule has 1 aromatic heterocycles. The number of nitrogens with one attached hydrogen (secondary N) is 1. The normalized spacial score (nSPS) is 10.4. The lowest BCUT2D eigenvalue weighted by molar-refractivity contribution is 0.987. The van der Waals surface area contributed by atoms with E-state index in [0.717, 1.165) is 11.4 Å². The highest BCUT2D eigenvalue weighted by Crippen LogP contribution is 2.08. The van der Waals surface area contributed by atoms with Gasteiger partial charge < -0.3 is 10.7 Å². The molecule has 4 nitrogen and oxygen atoms in total. The quantitative estimate of drug-likeness (QED) is 0.659. The molecule has 0 spiro atoms. The molecule has 0 atom stereocenters. The molecule has 3 N–H and O–H groups in total. The molecule has 1 heterocycles. The Morgan fingerprint density at radius 2 is 1.93 bits per heavy atom. The van der Waals surface area contributed by atoms with Gasteiger partial charge in [0.25, 0.3) is 0 Å². The summed E-state index contributed by atoms with van der Waals surface area (Å²) in [6.45, 7) is 1.84. The highest BCUT2D eigenvalue weighted by Gasteiger charge is 2.01. The zero-order valence-electron chi connectivity index (χ0n) is 7.82. The molecule has 0 saturated carbocycles. The summed E-state index contributed by atoms with van der Waals surface area (Å²) >= 11 is 0. The second-order valence-electron chi connectivity index (χ2n) is 3.20. The Hall–Kier alpha value is -1.97. The number of aryl methyl sites for hydroxylation is 1. The molecule has 0 aliphatic rings. The summed E-state index contributed by atoms with van der Waals surface area (Å²) in [6, 6.07) is 7.15. The maximum Gasteiger partial charge on any atom is 0.330 e. The van der Waals surface area contributed by atoms with E-state index in [-0.39, 0.29) is 5.69 Å². The van der Waals surface area contributed by atoms with Gasteiger partial charge >= 0.3 is 5.69 Å². The Morgan fingerprint density at radius 3 is 2.43 bits per heavy atom. The highest BCUT2D eigenvalue weighted by atomic mass is 16.1. The van der Waals surface area contributed by atoms with Gasteiger partial charge in [0.15, 0.2) is 0 Å². The molecular weight excluding hydrogens is 178 g/mol. The average molecular weight is 189 g/mol. The van der Waals surface area contributed by atoms with Gasteiger partial charge in [-0.05, 0) is 31.2 Å². The standard InChI is InChI=1S/C10H11N3O/c1-7-6-13(10(14)12-7)9-4-2-8(11)3-5-9/h2-6H,11H2,1H3,(H,12,14). The van der Waals surface area contributed by atoms with E-state index < -0.39 is 0 Å². The molecule has 0 amide bonds. The molecule has 14 heavy (non-hydrogen) atoms. The fourth-order valence-electron chi connectivity index (χ4n) is 1.34. The van der Waals surface area contributed by atoms with Crippen molar-refractivity contribution in [2.75, 3.05) is 5.73 Å². The van der Waals surface area contributed by atoms with Crippen LogP contribution in [0.1, 0.15) is 5.69 Å². The van der Waals surface area contributed by atoms with Crippen molar-refractivity contribution in [3.05, 3.63) is 46.6 Å². The zero-order valence-corrected chi connectivity index (χ0v) is 7.82. The van der Waals surface area contributed by atoms with Crippen LogP contribution in [0.3, 0.4) is 0 Å². The summed E-state index contributed by atoms with van der Waals surface area (Å²) in [5, 5.41) is 0. The number of nitrogens with two attached hydrogens (primary N) is 1. The van der Waals surface area contributed by atoms with Crippen molar-refractivity contribution in [2.24, 2.45) is 0 Å². The minimum atomic E-state index is -0.132. The number of aromatic amines is 1. The van der Waals surface area contributed by atoms with Crippen molar-refractivity contribution in [1.82, 2.24) is 9.55 Å². The number of nitrogen functional groups attached to an aromatic ring is 1. The van der Waals surface area contributed by atoms with Crippen LogP contribution in [0.5, 0.6) is 0 Å². The Bertz CT molecular complexity index is 493. The number of hydrogen-bond acceptors (Lipinski definition) is 2. The minimum absolute atomic E-state index is 0.132. The maximum atomic E-state index is 11.4. The number of nitrogens with zero attached hydrogens (tertiary/aromatic N) is 1. The summed E-state index contributed by atoms with van der Waals surface area (Å²) in [5.74, 6) is 0. The lowest BCUT2D eigenvalue weighted by atomic mass is 10.3. The van der Waals surface area contributed by atoms with E-state index in [4.69, 9.17) is 5.73 Å². The number of H-pyrrole nitrogens is 1. The third-order valence-corrected chi connectivity index (χ3v) is 2.02. The first-order valence-electron chi connectivity index (χ1n) is 4.31. The van der Waals surface area contributed by atoms with Gasteiger partial charge in [-0.2, -0.15) is 0 Å². The zero-order chi connectivity index (χ0) is 10.1. The Labute approximate surface area is 81.0 Å². The van der Waals surface area contributed by atoms with E-state index in [2.05, 4.69) is 4.98 Å². The van der Waals surface area contributed by atoms with Gasteiger partial charge in [-0.25, -0.2) is 4.79 Å². The SMILES string of the molecule is Cc1cn(-c2ccc(N)cc2)c(=O)[nH]1. The number of anilines is 1. The third-order valence-electron chi connectivity index (χ3n) is 2.02. The number of benzene rings is 1. The van der Waals surface area contributed by atoms with E-state index in [1.54, 1.807) is 22.9 Å². The number of imidazole rings is 1. The number of aromatic nitrogens is 2. The first-order valence-corrected chi connectivity index (χ1v) is 4.31. The fraction of sp³-hybridized carbons (Fsp3) is 0.100. The fourth-order valence-corrected chi connectivity index (χ4v) is 1.34. The summed E-state index contributed by atoms with van der Waals surface area (Å²) in [7, 11) is 0. The molecule has 0 fully saturated rings. The van der Waals surface area contributed by atoms with Gasteiger partial charge in [-0.15, -0.1) is 0 Å². The Morgan fingerprint density at radius 1 is 1.29 bits per heavy atom. The van der Waals surface area contributed by atoms with Crippen molar-refractivity contribution in [3.8, 4) is 5.69 Å². The first kappa shape index (κ1) is 8.62. The molecule has 0 bridgehead atoms. The smallest absolute Gasteiger partial charge is 0.330 e. The van der Waals surface area contributed by atoms with Gasteiger partial charge in [0, 0.05) is 17.6 Å². The van der Waals surface area contributed by atoms with Crippen LogP contribution in [-0.4, -0.2) is 9.55 Å². The minimum Gasteiger partial charge on any atom is -0.399 e. The van der Waals surface area contributed by atoms with Crippen molar-refractivity contribution >= 4 is 5.69 Å². The molecule has 0 radical (unpaired) electrons.